The third-order valence-electron chi connectivity index (χ3n) is 3.26. The molecule has 4 nitrogen and oxygen atoms in total. The van der Waals surface area contributed by atoms with Gasteiger partial charge in [0.1, 0.15) is 0 Å². The van der Waals surface area contributed by atoms with Gasteiger partial charge in [0.05, 0.1) is 22.7 Å². The number of para-hydroxylation sites is 1. The molecule has 0 aliphatic heterocycles. The van der Waals surface area contributed by atoms with Crippen LogP contribution in [0.15, 0.2) is 58.5 Å². The van der Waals surface area contributed by atoms with Crippen LogP contribution < -0.4 is 5.56 Å². The van der Waals surface area contributed by atoms with Crippen molar-refractivity contribution in [3.63, 3.8) is 0 Å². The number of fused-ring (bicyclic) bond motifs is 1. The van der Waals surface area contributed by atoms with Crippen LogP contribution >= 0.6 is 23.4 Å². The second-order valence-electron chi connectivity index (χ2n) is 4.79. The van der Waals surface area contributed by atoms with Gasteiger partial charge >= 0.3 is 0 Å². The highest BCUT2D eigenvalue weighted by Crippen LogP contribution is 2.23. The predicted molar refractivity (Wildman–Crippen MR) is 93.3 cm³/mol. The van der Waals surface area contributed by atoms with Crippen LogP contribution in [0.1, 0.15) is 6.42 Å². The van der Waals surface area contributed by atoms with Crippen molar-refractivity contribution >= 4 is 34.3 Å². The maximum absolute atomic E-state index is 12.9. The number of nitriles is 1. The van der Waals surface area contributed by atoms with E-state index in [2.05, 4.69) is 11.1 Å². The number of halogens is 1. The Bertz CT molecular complexity index is 962. The van der Waals surface area contributed by atoms with Crippen molar-refractivity contribution in [2.24, 2.45) is 0 Å². The van der Waals surface area contributed by atoms with E-state index in [0.717, 1.165) is 0 Å². The lowest BCUT2D eigenvalue weighted by Gasteiger charge is -2.13. The molecular formula is C17H12ClN3OS. The molecule has 0 saturated heterocycles. The Labute approximate surface area is 142 Å². The highest BCUT2D eigenvalue weighted by atomic mass is 35.5. The Morgan fingerprint density at radius 2 is 2.04 bits per heavy atom. The second-order valence-corrected chi connectivity index (χ2v) is 6.29. The summed E-state index contributed by atoms with van der Waals surface area (Å²) in [5.41, 5.74) is 1.17. The molecule has 114 valence electrons. The molecule has 0 saturated carbocycles. The summed E-state index contributed by atoms with van der Waals surface area (Å²) < 4.78 is 1.55. The van der Waals surface area contributed by atoms with Crippen LogP contribution in [0.2, 0.25) is 5.02 Å². The molecule has 2 aromatic carbocycles. The van der Waals surface area contributed by atoms with Crippen molar-refractivity contribution in [1.29, 1.82) is 5.26 Å². The Kier molecular flexibility index (Phi) is 4.65. The quantitative estimate of drug-likeness (QED) is 0.408. The number of nitrogens with zero attached hydrogens (tertiary/aromatic N) is 3. The van der Waals surface area contributed by atoms with Gasteiger partial charge in [0.2, 0.25) is 0 Å². The Balaban J connectivity index is 2.24. The molecule has 0 aliphatic rings. The molecule has 3 aromatic rings. The molecule has 0 amide bonds. The monoisotopic (exact) mass is 341 g/mol. The SMILES string of the molecule is N#CCCSc1nc2ccccc2c(=O)n1-c1cccc(Cl)c1. The second kappa shape index (κ2) is 6.86. The minimum Gasteiger partial charge on any atom is -0.268 e. The number of hydrogen-bond acceptors (Lipinski definition) is 4. The molecule has 1 heterocycles. The molecule has 0 spiro atoms. The average Bonchev–Trinajstić information content (AvgIpc) is 2.55. The van der Waals surface area contributed by atoms with Crippen LogP contribution in [-0.4, -0.2) is 15.3 Å². The zero-order chi connectivity index (χ0) is 16.2. The number of thioether (sulfide) groups is 1. The van der Waals surface area contributed by atoms with Gasteiger partial charge in [-0.3, -0.25) is 9.36 Å². The number of aromatic nitrogens is 2. The van der Waals surface area contributed by atoms with E-state index in [-0.39, 0.29) is 5.56 Å². The molecule has 0 atom stereocenters. The zero-order valence-corrected chi connectivity index (χ0v) is 13.6. The van der Waals surface area contributed by atoms with E-state index in [4.69, 9.17) is 16.9 Å². The fourth-order valence-corrected chi connectivity index (χ4v) is 3.28. The average molecular weight is 342 g/mol. The van der Waals surface area contributed by atoms with Crippen molar-refractivity contribution in [2.45, 2.75) is 11.6 Å². The Hall–Kier alpha value is -2.29. The highest BCUT2D eigenvalue weighted by molar-refractivity contribution is 7.99. The third-order valence-corrected chi connectivity index (χ3v) is 4.43. The summed E-state index contributed by atoms with van der Waals surface area (Å²) in [7, 11) is 0. The maximum atomic E-state index is 12.9. The van der Waals surface area contributed by atoms with Crippen LogP contribution in [0.3, 0.4) is 0 Å². The molecule has 23 heavy (non-hydrogen) atoms. The molecule has 3 rings (SSSR count). The highest BCUT2D eigenvalue weighted by Gasteiger charge is 2.13. The molecule has 0 radical (unpaired) electrons. The van der Waals surface area contributed by atoms with Crippen molar-refractivity contribution in [3.8, 4) is 11.8 Å². The van der Waals surface area contributed by atoms with E-state index in [1.54, 1.807) is 28.8 Å². The normalized spacial score (nSPS) is 10.6. The first kappa shape index (κ1) is 15.6. The fourth-order valence-electron chi connectivity index (χ4n) is 2.24. The van der Waals surface area contributed by atoms with Gasteiger partial charge in [0.25, 0.3) is 5.56 Å². The molecule has 0 N–H and O–H groups in total. The molecule has 6 heteroatoms. The summed E-state index contributed by atoms with van der Waals surface area (Å²) in [5, 5.41) is 10.4. The van der Waals surface area contributed by atoms with Crippen LogP contribution in [0, 0.1) is 11.3 Å². The van der Waals surface area contributed by atoms with E-state index in [0.29, 0.717) is 38.9 Å². The number of hydrogen-bond donors (Lipinski definition) is 0. The molecule has 0 fully saturated rings. The zero-order valence-electron chi connectivity index (χ0n) is 12.1. The van der Waals surface area contributed by atoms with Gasteiger partial charge < -0.3 is 0 Å². The molecular weight excluding hydrogens is 330 g/mol. The first-order valence-electron chi connectivity index (χ1n) is 6.98. The van der Waals surface area contributed by atoms with Crippen LogP contribution in [-0.2, 0) is 0 Å². The topological polar surface area (TPSA) is 58.7 Å². The summed E-state index contributed by atoms with van der Waals surface area (Å²) in [6, 6.07) is 16.4. The van der Waals surface area contributed by atoms with Gasteiger partial charge in [0, 0.05) is 17.2 Å². The Morgan fingerprint density at radius 3 is 2.83 bits per heavy atom. The Morgan fingerprint density at radius 1 is 1.22 bits per heavy atom. The van der Waals surface area contributed by atoms with Gasteiger partial charge in [-0.1, -0.05) is 41.6 Å². The summed E-state index contributed by atoms with van der Waals surface area (Å²) in [6.45, 7) is 0. The van der Waals surface area contributed by atoms with E-state index >= 15 is 0 Å². The van der Waals surface area contributed by atoms with Crippen molar-refractivity contribution < 1.29 is 0 Å². The number of rotatable bonds is 4. The largest absolute Gasteiger partial charge is 0.268 e. The molecule has 0 aliphatic carbocycles. The van der Waals surface area contributed by atoms with E-state index in [9.17, 15) is 4.79 Å². The lowest BCUT2D eigenvalue weighted by molar-refractivity contribution is 0.819. The summed E-state index contributed by atoms with van der Waals surface area (Å²) in [6.07, 6.45) is 0.392. The van der Waals surface area contributed by atoms with Crippen molar-refractivity contribution in [3.05, 3.63) is 63.9 Å². The lowest BCUT2D eigenvalue weighted by Crippen LogP contribution is -2.21. The maximum Gasteiger partial charge on any atom is 0.266 e. The molecule has 1 aromatic heterocycles. The van der Waals surface area contributed by atoms with Crippen molar-refractivity contribution in [2.75, 3.05) is 5.75 Å². The smallest absolute Gasteiger partial charge is 0.266 e. The first-order chi connectivity index (χ1) is 11.2. The lowest BCUT2D eigenvalue weighted by atomic mass is 10.2. The van der Waals surface area contributed by atoms with E-state index in [1.807, 2.05) is 24.3 Å². The van der Waals surface area contributed by atoms with Crippen LogP contribution in [0.25, 0.3) is 16.6 Å². The first-order valence-corrected chi connectivity index (χ1v) is 8.34. The van der Waals surface area contributed by atoms with Gasteiger partial charge in [0.15, 0.2) is 5.16 Å². The van der Waals surface area contributed by atoms with Crippen LogP contribution in [0.5, 0.6) is 0 Å². The minimum absolute atomic E-state index is 0.141. The molecule has 0 bridgehead atoms. The predicted octanol–water partition coefficient (Wildman–Crippen LogP) is 4.04. The minimum atomic E-state index is -0.141. The summed E-state index contributed by atoms with van der Waals surface area (Å²) >= 11 is 7.45. The summed E-state index contributed by atoms with van der Waals surface area (Å²) in [4.78, 5) is 17.5. The van der Waals surface area contributed by atoms with Gasteiger partial charge in [-0.15, -0.1) is 0 Å². The standard InChI is InChI=1S/C17H12ClN3OS/c18-12-5-3-6-13(11-12)21-16(22)14-7-1-2-8-15(14)20-17(21)23-10-4-9-19/h1-3,5-8,11H,4,10H2. The van der Waals surface area contributed by atoms with E-state index in [1.165, 1.54) is 11.8 Å². The number of benzene rings is 2. The van der Waals surface area contributed by atoms with Gasteiger partial charge in [-0.2, -0.15) is 5.26 Å². The molecule has 0 unspecified atom stereocenters. The fraction of sp³-hybridized carbons (Fsp3) is 0.118. The third kappa shape index (κ3) is 3.24. The van der Waals surface area contributed by atoms with Gasteiger partial charge in [-0.05, 0) is 30.3 Å². The van der Waals surface area contributed by atoms with E-state index < -0.39 is 0 Å². The van der Waals surface area contributed by atoms with Crippen molar-refractivity contribution in [1.82, 2.24) is 9.55 Å². The van der Waals surface area contributed by atoms with Crippen LogP contribution in [0.4, 0.5) is 0 Å². The van der Waals surface area contributed by atoms with Gasteiger partial charge in [-0.25, -0.2) is 4.98 Å². The summed E-state index contributed by atoms with van der Waals surface area (Å²) in [5.74, 6) is 0.571.